The molecule has 3 atom stereocenters. The molecule has 24 heavy (non-hydrogen) atoms. The number of hydrogen-bond donors (Lipinski definition) is 5. The number of carbonyl (C=O) groups excluding carboxylic acids is 1. The molecule has 3 unspecified atom stereocenters. The SMILES string of the molecule is CCN1CCN(C(=O)NC(C(=O)O)c2ccc(O)cc2)C(O)C1O. The van der Waals surface area contributed by atoms with Crippen LogP contribution in [0.2, 0.25) is 0 Å². The van der Waals surface area contributed by atoms with Crippen molar-refractivity contribution in [3.05, 3.63) is 29.8 Å². The van der Waals surface area contributed by atoms with E-state index in [1.807, 2.05) is 6.92 Å². The van der Waals surface area contributed by atoms with E-state index < -0.39 is 30.5 Å². The third-order valence-corrected chi connectivity index (χ3v) is 4.00. The summed E-state index contributed by atoms with van der Waals surface area (Å²) in [5.41, 5.74) is 0.274. The first-order chi connectivity index (χ1) is 11.3. The van der Waals surface area contributed by atoms with E-state index in [1.54, 1.807) is 4.90 Å². The van der Waals surface area contributed by atoms with Gasteiger partial charge in [-0.05, 0) is 24.2 Å². The molecule has 0 aliphatic carbocycles. The predicted molar refractivity (Wildman–Crippen MR) is 83.0 cm³/mol. The summed E-state index contributed by atoms with van der Waals surface area (Å²) in [4.78, 5) is 26.3. The second kappa shape index (κ2) is 7.47. The molecule has 0 bridgehead atoms. The molecular weight excluding hydrogens is 318 g/mol. The van der Waals surface area contributed by atoms with Crippen LogP contribution in [0.25, 0.3) is 0 Å². The Kier molecular flexibility index (Phi) is 5.60. The Labute approximate surface area is 138 Å². The van der Waals surface area contributed by atoms with Gasteiger partial charge >= 0.3 is 12.0 Å². The highest BCUT2D eigenvalue weighted by Gasteiger charge is 2.37. The first-order valence-corrected chi connectivity index (χ1v) is 7.54. The van der Waals surface area contributed by atoms with Crippen molar-refractivity contribution >= 4 is 12.0 Å². The van der Waals surface area contributed by atoms with Crippen molar-refractivity contribution in [1.29, 1.82) is 0 Å². The van der Waals surface area contributed by atoms with Crippen molar-refractivity contribution in [2.45, 2.75) is 25.4 Å². The van der Waals surface area contributed by atoms with Gasteiger partial charge in [0.1, 0.15) is 5.75 Å². The van der Waals surface area contributed by atoms with Crippen LogP contribution in [0, 0.1) is 0 Å². The van der Waals surface area contributed by atoms with E-state index in [1.165, 1.54) is 24.3 Å². The van der Waals surface area contributed by atoms with Crippen molar-refractivity contribution in [3.8, 4) is 5.75 Å². The summed E-state index contributed by atoms with van der Waals surface area (Å²) >= 11 is 0. The fourth-order valence-electron chi connectivity index (χ4n) is 2.58. The van der Waals surface area contributed by atoms with E-state index >= 15 is 0 Å². The number of carbonyl (C=O) groups is 2. The topological polar surface area (TPSA) is 134 Å². The number of aliphatic hydroxyl groups is 2. The number of phenolic OH excluding ortho intramolecular Hbond substituents is 1. The summed E-state index contributed by atoms with van der Waals surface area (Å²) in [5, 5.41) is 40.9. The van der Waals surface area contributed by atoms with Crippen LogP contribution >= 0.6 is 0 Å². The quantitative estimate of drug-likeness (QED) is 0.499. The summed E-state index contributed by atoms with van der Waals surface area (Å²) < 4.78 is 0. The average molecular weight is 339 g/mol. The molecule has 0 aromatic heterocycles. The number of carboxylic acids is 1. The molecule has 1 aliphatic rings. The first kappa shape index (κ1) is 18.0. The number of carboxylic acid groups (broad SMARTS) is 1. The van der Waals surface area contributed by atoms with Gasteiger partial charge in [-0.2, -0.15) is 0 Å². The van der Waals surface area contributed by atoms with Gasteiger partial charge < -0.3 is 25.7 Å². The number of piperazine rings is 1. The maximum Gasteiger partial charge on any atom is 0.330 e. The number of rotatable bonds is 4. The standard InChI is InChI=1S/C15H21N3O6/c1-2-17-7-8-18(13(21)12(17)20)15(24)16-11(14(22)23)9-3-5-10(19)6-4-9/h3-6,11-13,19-21H,2,7-8H2,1H3,(H,16,24)(H,22,23). The Balaban J connectivity index is 2.11. The molecule has 0 saturated carbocycles. The van der Waals surface area contributed by atoms with E-state index in [-0.39, 0.29) is 17.9 Å². The van der Waals surface area contributed by atoms with Gasteiger partial charge in [-0.1, -0.05) is 19.1 Å². The monoisotopic (exact) mass is 339 g/mol. The van der Waals surface area contributed by atoms with Crippen LogP contribution in [0.1, 0.15) is 18.5 Å². The number of aliphatic hydroxyl groups excluding tert-OH is 2. The Morgan fingerprint density at radius 3 is 2.38 bits per heavy atom. The Morgan fingerprint density at radius 2 is 1.83 bits per heavy atom. The Bertz CT molecular complexity index is 593. The van der Waals surface area contributed by atoms with Gasteiger partial charge in [-0.25, -0.2) is 9.59 Å². The number of aromatic hydroxyl groups is 1. The summed E-state index contributed by atoms with van der Waals surface area (Å²) in [6.45, 7) is 2.84. The smallest absolute Gasteiger partial charge is 0.330 e. The van der Waals surface area contributed by atoms with Crippen LogP contribution in [-0.2, 0) is 4.79 Å². The van der Waals surface area contributed by atoms with Crippen LogP contribution in [0.4, 0.5) is 4.79 Å². The molecule has 9 nitrogen and oxygen atoms in total. The van der Waals surface area contributed by atoms with E-state index in [9.17, 15) is 30.0 Å². The van der Waals surface area contributed by atoms with Crippen molar-refractivity contribution in [1.82, 2.24) is 15.1 Å². The minimum Gasteiger partial charge on any atom is -0.508 e. The zero-order valence-electron chi connectivity index (χ0n) is 13.2. The largest absolute Gasteiger partial charge is 0.508 e. The molecule has 9 heteroatoms. The molecule has 0 radical (unpaired) electrons. The number of phenols is 1. The Hall–Kier alpha value is -2.36. The van der Waals surface area contributed by atoms with Crippen molar-refractivity contribution in [3.63, 3.8) is 0 Å². The van der Waals surface area contributed by atoms with Gasteiger partial charge in [0.2, 0.25) is 0 Å². The normalized spacial score (nSPS) is 22.9. The second-order valence-corrected chi connectivity index (χ2v) is 5.46. The number of nitrogens with one attached hydrogen (secondary N) is 1. The summed E-state index contributed by atoms with van der Waals surface area (Å²) in [6, 6.07) is 3.26. The van der Waals surface area contributed by atoms with Crippen molar-refractivity contribution < 1.29 is 30.0 Å². The molecule has 1 saturated heterocycles. The number of amides is 2. The van der Waals surface area contributed by atoms with Gasteiger partial charge in [0.05, 0.1) is 0 Å². The second-order valence-electron chi connectivity index (χ2n) is 5.46. The Morgan fingerprint density at radius 1 is 1.21 bits per heavy atom. The molecule has 1 aromatic rings. The minimum absolute atomic E-state index is 0.0246. The molecule has 2 rings (SSSR count). The number of urea groups is 1. The fourth-order valence-corrected chi connectivity index (χ4v) is 2.58. The zero-order valence-corrected chi connectivity index (χ0v) is 13.2. The maximum absolute atomic E-state index is 12.3. The lowest BCUT2D eigenvalue weighted by Crippen LogP contribution is -2.63. The predicted octanol–water partition coefficient (Wildman–Crippen LogP) is -0.498. The fraction of sp³-hybridized carbons (Fsp3) is 0.467. The molecule has 1 heterocycles. The minimum atomic E-state index is -1.45. The highest BCUT2D eigenvalue weighted by molar-refractivity contribution is 5.83. The number of nitrogens with zero attached hydrogens (tertiary/aromatic N) is 2. The third kappa shape index (κ3) is 3.75. The highest BCUT2D eigenvalue weighted by Crippen LogP contribution is 2.19. The van der Waals surface area contributed by atoms with Crippen LogP contribution in [0.5, 0.6) is 5.75 Å². The van der Waals surface area contributed by atoms with Crippen LogP contribution in [0.3, 0.4) is 0 Å². The van der Waals surface area contributed by atoms with Crippen LogP contribution < -0.4 is 5.32 Å². The molecule has 1 aromatic carbocycles. The lowest BCUT2D eigenvalue weighted by atomic mass is 10.1. The molecule has 1 aliphatic heterocycles. The molecule has 5 N–H and O–H groups in total. The molecule has 2 amide bonds. The van der Waals surface area contributed by atoms with E-state index in [2.05, 4.69) is 5.32 Å². The van der Waals surface area contributed by atoms with Crippen LogP contribution in [-0.4, -0.2) is 74.3 Å². The van der Waals surface area contributed by atoms with Gasteiger partial charge in [0, 0.05) is 13.1 Å². The van der Waals surface area contributed by atoms with E-state index in [4.69, 9.17) is 0 Å². The summed E-state index contributed by atoms with van der Waals surface area (Å²) in [5.74, 6) is -1.31. The first-order valence-electron chi connectivity index (χ1n) is 7.54. The van der Waals surface area contributed by atoms with E-state index in [0.29, 0.717) is 13.1 Å². The maximum atomic E-state index is 12.3. The number of aliphatic carboxylic acids is 1. The molecule has 0 spiro atoms. The van der Waals surface area contributed by atoms with Crippen molar-refractivity contribution in [2.75, 3.05) is 19.6 Å². The van der Waals surface area contributed by atoms with Gasteiger partial charge in [-0.15, -0.1) is 0 Å². The average Bonchev–Trinajstić information content (AvgIpc) is 2.55. The van der Waals surface area contributed by atoms with Crippen molar-refractivity contribution in [2.24, 2.45) is 0 Å². The summed E-state index contributed by atoms with van der Waals surface area (Å²) in [7, 11) is 0. The molecule has 1 fully saturated rings. The molecule has 132 valence electrons. The third-order valence-electron chi connectivity index (χ3n) is 4.00. The van der Waals surface area contributed by atoms with Gasteiger partial charge in [0.25, 0.3) is 0 Å². The number of hydrogen-bond acceptors (Lipinski definition) is 6. The van der Waals surface area contributed by atoms with Gasteiger partial charge in [-0.3, -0.25) is 9.80 Å². The summed E-state index contributed by atoms with van der Waals surface area (Å²) in [6.07, 6.45) is -2.68. The number of likely N-dealkylation sites (N-methyl/N-ethyl adjacent to an activating group) is 1. The van der Waals surface area contributed by atoms with Gasteiger partial charge in [0.15, 0.2) is 18.5 Å². The highest BCUT2D eigenvalue weighted by atomic mass is 16.4. The lowest BCUT2D eigenvalue weighted by Gasteiger charge is -2.42. The van der Waals surface area contributed by atoms with E-state index in [0.717, 1.165) is 4.90 Å². The molecular formula is C15H21N3O6. The van der Waals surface area contributed by atoms with Crippen LogP contribution in [0.15, 0.2) is 24.3 Å². The number of benzene rings is 1. The zero-order chi connectivity index (χ0) is 17.9. The lowest BCUT2D eigenvalue weighted by molar-refractivity contribution is -0.160.